The Hall–Kier alpha value is -3.58. The van der Waals surface area contributed by atoms with Crippen LogP contribution < -0.4 is 22.1 Å². The average molecular weight is 561 g/mol. The summed E-state index contributed by atoms with van der Waals surface area (Å²) in [7, 11) is 0. The summed E-state index contributed by atoms with van der Waals surface area (Å²) >= 11 is 1.50. The molecule has 212 valence electrons. The van der Waals surface area contributed by atoms with Gasteiger partial charge in [-0.05, 0) is 49.3 Å². The summed E-state index contributed by atoms with van der Waals surface area (Å²) in [5.74, 6) is -2.76. The van der Waals surface area contributed by atoms with E-state index < -0.39 is 53.8 Å². The van der Waals surface area contributed by atoms with E-state index in [1.165, 1.54) is 16.7 Å². The Balaban J connectivity index is 1.69. The Morgan fingerprint density at radius 3 is 2.59 bits per heavy atom. The number of aliphatic carboxylic acids is 1. The number of carboxylic acids is 1. The lowest BCUT2D eigenvalue weighted by Crippen LogP contribution is -2.57. The van der Waals surface area contributed by atoms with Gasteiger partial charge in [-0.15, -0.1) is 0 Å². The molecule has 0 aliphatic carbocycles. The Kier molecular flexibility index (Phi) is 10.8. The Bertz CT molecular complexity index is 1200. The van der Waals surface area contributed by atoms with Gasteiger partial charge in [-0.3, -0.25) is 19.2 Å². The van der Waals surface area contributed by atoms with Crippen molar-refractivity contribution in [3.8, 4) is 0 Å². The molecule has 39 heavy (non-hydrogen) atoms. The second-order valence-corrected chi connectivity index (χ2v) is 10.6. The van der Waals surface area contributed by atoms with Crippen LogP contribution in [0.4, 0.5) is 0 Å². The van der Waals surface area contributed by atoms with Crippen molar-refractivity contribution in [1.29, 1.82) is 0 Å². The Morgan fingerprint density at radius 1 is 1.15 bits per heavy atom. The van der Waals surface area contributed by atoms with Crippen molar-refractivity contribution in [2.45, 2.75) is 62.7 Å². The van der Waals surface area contributed by atoms with Crippen LogP contribution in [0.1, 0.15) is 37.7 Å². The van der Waals surface area contributed by atoms with E-state index in [0.29, 0.717) is 31.6 Å². The van der Waals surface area contributed by atoms with Crippen molar-refractivity contribution >= 4 is 52.3 Å². The summed E-state index contributed by atoms with van der Waals surface area (Å²) in [6.45, 7) is 0.302. The second kappa shape index (κ2) is 14.0. The zero-order valence-electron chi connectivity index (χ0n) is 21.9. The molecule has 8 N–H and O–H groups in total. The first-order valence-corrected chi connectivity index (χ1v) is 14.2. The number of thioether (sulfide) groups is 1. The van der Waals surface area contributed by atoms with Crippen molar-refractivity contribution in [1.82, 2.24) is 20.5 Å². The fourth-order valence-corrected chi connectivity index (χ4v) is 5.16. The minimum atomic E-state index is -1.19. The minimum Gasteiger partial charge on any atom is -0.480 e. The van der Waals surface area contributed by atoms with E-state index in [9.17, 15) is 29.1 Å². The number of carbonyl (C=O) groups is 5. The van der Waals surface area contributed by atoms with Crippen molar-refractivity contribution in [2.75, 3.05) is 18.6 Å². The van der Waals surface area contributed by atoms with Crippen molar-refractivity contribution in [3.05, 3.63) is 36.0 Å². The number of amides is 4. The van der Waals surface area contributed by atoms with Gasteiger partial charge in [-0.2, -0.15) is 11.8 Å². The van der Waals surface area contributed by atoms with Crippen LogP contribution >= 0.6 is 11.8 Å². The molecule has 0 saturated carbocycles. The number of hydrogen-bond acceptors (Lipinski definition) is 7. The summed E-state index contributed by atoms with van der Waals surface area (Å²) < 4.78 is 0. The average Bonchev–Trinajstić information content (AvgIpc) is 3.56. The first-order chi connectivity index (χ1) is 18.6. The molecule has 12 nitrogen and oxygen atoms in total. The molecular weight excluding hydrogens is 524 g/mol. The molecule has 0 spiro atoms. The number of nitrogens with zero attached hydrogens (tertiary/aromatic N) is 1. The number of fused-ring (bicyclic) bond motifs is 1. The van der Waals surface area contributed by atoms with Gasteiger partial charge in [0, 0.05) is 36.5 Å². The van der Waals surface area contributed by atoms with E-state index in [0.717, 1.165) is 16.5 Å². The molecule has 4 atom stereocenters. The van der Waals surface area contributed by atoms with Crippen LogP contribution in [0.25, 0.3) is 10.9 Å². The third-order valence-corrected chi connectivity index (χ3v) is 7.46. The summed E-state index contributed by atoms with van der Waals surface area (Å²) in [5, 5.41) is 16.0. The zero-order valence-corrected chi connectivity index (χ0v) is 22.7. The third kappa shape index (κ3) is 7.96. The van der Waals surface area contributed by atoms with Gasteiger partial charge in [-0.25, -0.2) is 4.79 Å². The van der Waals surface area contributed by atoms with Crippen LogP contribution in [0.2, 0.25) is 0 Å². The van der Waals surface area contributed by atoms with E-state index in [1.807, 2.05) is 30.5 Å². The van der Waals surface area contributed by atoms with Crippen LogP contribution in [-0.4, -0.2) is 87.3 Å². The maximum atomic E-state index is 13.5. The van der Waals surface area contributed by atoms with Gasteiger partial charge in [0.25, 0.3) is 0 Å². The first-order valence-electron chi connectivity index (χ1n) is 12.8. The highest BCUT2D eigenvalue weighted by Crippen LogP contribution is 2.22. The number of hydrogen-bond donors (Lipinski definition) is 6. The molecule has 2 heterocycles. The third-order valence-electron chi connectivity index (χ3n) is 6.82. The van der Waals surface area contributed by atoms with Crippen LogP contribution in [-0.2, 0) is 30.4 Å². The number of carboxylic acid groups (broad SMARTS) is 1. The number of nitrogens with two attached hydrogens (primary N) is 2. The normalized spacial score (nSPS) is 17.4. The van der Waals surface area contributed by atoms with E-state index in [-0.39, 0.29) is 19.3 Å². The van der Waals surface area contributed by atoms with E-state index >= 15 is 0 Å². The SMILES string of the molecule is CSCCC(NC(=O)C(N)CCC(N)=O)C(=O)N1CCCC1C(=O)NC(Cc1c[nH]c2ccccc12)C(=O)O. The quantitative estimate of drug-likeness (QED) is 0.187. The lowest BCUT2D eigenvalue weighted by molar-refractivity contribution is -0.145. The lowest BCUT2D eigenvalue weighted by atomic mass is 10.0. The highest BCUT2D eigenvalue weighted by atomic mass is 32.2. The maximum Gasteiger partial charge on any atom is 0.326 e. The van der Waals surface area contributed by atoms with Gasteiger partial charge in [-0.1, -0.05) is 18.2 Å². The Morgan fingerprint density at radius 2 is 1.90 bits per heavy atom. The number of benzene rings is 1. The molecule has 1 saturated heterocycles. The van der Waals surface area contributed by atoms with E-state index in [2.05, 4.69) is 15.6 Å². The van der Waals surface area contributed by atoms with E-state index in [1.54, 1.807) is 6.20 Å². The van der Waals surface area contributed by atoms with Gasteiger partial charge in [0.15, 0.2) is 0 Å². The molecular formula is C26H36N6O6S. The summed E-state index contributed by atoms with van der Waals surface area (Å²) in [6, 6.07) is 3.50. The molecule has 2 aromatic rings. The van der Waals surface area contributed by atoms with Crippen LogP contribution in [0.15, 0.2) is 30.5 Å². The van der Waals surface area contributed by atoms with Crippen molar-refractivity contribution in [2.24, 2.45) is 11.5 Å². The molecule has 4 unspecified atom stereocenters. The molecule has 1 fully saturated rings. The number of aromatic nitrogens is 1. The number of aromatic amines is 1. The van der Waals surface area contributed by atoms with E-state index in [4.69, 9.17) is 11.5 Å². The topological polar surface area (TPSA) is 201 Å². The van der Waals surface area contributed by atoms with Crippen molar-refractivity contribution < 1.29 is 29.1 Å². The molecule has 1 aliphatic rings. The second-order valence-electron chi connectivity index (χ2n) is 9.61. The van der Waals surface area contributed by atoms with Gasteiger partial charge in [0.1, 0.15) is 18.1 Å². The largest absolute Gasteiger partial charge is 0.480 e. The van der Waals surface area contributed by atoms with Gasteiger partial charge < -0.3 is 37.1 Å². The van der Waals surface area contributed by atoms with Crippen LogP contribution in [0.3, 0.4) is 0 Å². The molecule has 1 aliphatic heterocycles. The Labute approximate surface area is 230 Å². The smallest absolute Gasteiger partial charge is 0.326 e. The van der Waals surface area contributed by atoms with Crippen LogP contribution in [0.5, 0.6) is 0 Å². The standard InChI is InChI=1S/C26H36N6O6S/c1-39-12-10-19(30-23(34)17(27)8-9-22(28)33)25(36)32-11-4-7-21(32)24(35)31-20(26(37)38)13-15-14-29-18-6-3-2-5-16(15)18/h2-3,5-6,14,17,19-21,29H,4,7-13,27H2,1H3,(H2,28,33)(H,30,34)(H,31,35)(H,37,38). The van der Waals surface area contributed by atoms with Gasteiger partial charge in [0.05, 0.1) is 6.04 Å². The number of primary amides is 1. The fraction of sp³-hybridized carbons (Fsp3) is 0.500. The van der Waals surface area contributed by atoms with Gasteiger partial charge >= 0.3 is 5.97 Å². The number of nitrogens with one attached hydrogen (secondary N) is 3. The maximum absolute atomic E-state index is 13.5. The minimum absolute atomic E-state index is 0.0480. The molecule has 4 amide bonds. The highest BCUT2D eigenvalue weighted by molar-refractivity contribution is 7.98. The highest BCUT2D eigenvalue weighted by Gasteiger charge is 2.39. The number of likely N-dealkylation sites (tertiary alicyclic amines) is 1. The monoisotopic (exact) mass is 560 g/mol. The lowest BCUT2D eigenvalue weighted by Gasteiger charge is -2.30. The number of rotatable bonds is 14. The molecule has 1 aromatic heterocycles. The number of para-hydroxylation sites is 1. The van der Waals surface area contributed by atoms with Crippen LogP contribution in [0, 0.1) is 0 Å². The van der Waals surface area contributed by atoms with Crippen molar-refractivity contribution in [3.63, 3.8) is 0 Å². The predicted molar refractivity (Wildman–Crippen MR) is 148 cm³/mol. The predicted octanol–water partition coefficient (Wildman–Crippen LogP) is 0.102. The molecule has 0 radical (unpaired) electrons. The molecule has 1 aromatic carbocycles. The fourth-order valence-electron chi connectivity index (χ4n) is 4.69. The summed E-state index contributed by atoms with van der Waals surface area (Å²) in [6.07, 6.45) is 4.91. The van der Waals surface area contributed by atoms with Gasteiger partial charge in [0.2, 0.25) is 23.6 Å². The first kappa shape index (κ1) is 30.0. The zero-order chi connectivity index (χ0) is 28.5. The number of H-pyrrole nitrogens is 1. The molecule has 13 heteroatoms. The summed E-state index contributed by atoms with van der Waals surface area (Å²) in [5.41, 5.74) is 12.6. The molecule has 0 bridgehead atoms. The number of carbonyl (C=O) groups excluding carboxylic acids is 4. The molecule has 3 rings (SSSR count). The summed E-state index contributed by atoms with van der Waals surface area (Å²) in [4.78, 5) is 66.9.